The average molecular weight is 218 g/mol. The third-order valence-electron chi connectivity index (χ3n) is 2.89. The Bertz CT molecular complexity index is 294. The number of rotatable bonds is 3. The molecule has 0 aromatic rings. The smallest absolute Gasteiger partial charge is 0.264 e. The minimum atomic E-state index is -3.32. The van der Waals surface area contributed by atoms with Crippen LogP contribution in [0.15, 0.2) is 12.7 Å². The van der Waals surface area contributed by atoms with Crippen molar-refractivity contribution in [2.75, 3.05) is 6.26 Å². The van der Waals surface area contributed by atoms with Crippen LogP contribution >= 0.6 is 0 Å². The molecule has 0 aromatic heterocycles. The van der Waals surface area contributed by atoms with Crippen LogP contribution in [0.5, 0.6) is 0 Å². The van der Waals surface area contributed by atoms with Crippen molar-refractivity contribution in [3.63, 3.8) is 0 Å². The molecule has 1 aliphatic carbocycles. The van der Waals surface area contributed by atoms with Crippen molar-refractivity contribution in [2.45, 2.75) is 32.3 Å². The predicted octanol–water partition coefficient (Wildman–Crippen LogP) is 1.95. The van der Waals surface area contributed by atoms with Gasteiger partial charge in [-0.1, -0.05) is 19.4 Å². The highest BCUT2D eigenvalue weighted by molar-refractivity contribution is 7.86. The SMILES string of the molecule is C=CC1CCCC(OS(C)(=O)=O)C1C. The summed E-state index contributed by atoms with van der Waals surface area (Å²) in [7, 11) is -3.32. The summed E-state index contributed by atoms with van der Waals surface area (Å²) in [6.45, 7) is 5.79. The zero-order chi connectivity index (χ0) is 10.8. The largest absolute Gasteiger partial charge is 0.267 e. The third kappa shape index (κ3) is 3.10. The molecule has 0 aromatic carbocycles. The second-order valence-corrected chi connectivity index (χ2v) is 5.63. The Morgan fingerprint density at radius 1 is 1.43 bits per heavy atom. The van der Waals surface area contributed by atoms with E-state index >= 15 is 0 Å². The fourth-order valence-corrected chi connectivity index (χ4v) is 2.77. The van der Waals surface area contributed by atoms with Gasteiger partial charge in [0.05, 0.1) is 12.4 Å². The van der Waals surface area contributed by atoms with E-state index in [2.05, 4.69) is 6.58 Å². The molecular formula is C10H18O3S. The van der Waals surface area contributed by atoms with Crippen molar-refractivity contribution in [1.29, 1.82) is 0 Å². The van der Waals surface area contributed by atoms with E-state index in [0.717, 1.165) is 25.5 Å². The monoisotopic (exact) mass is 218 g/mol. The van der Waals surface area contributed by atoms with Gasteiger partial charge >= 0.3 is 0 Å². The molecule has 0 aliphatic heterocycles. The lowest BCUT2D eigenvalue weighted by Gasteiger charge is -2.33. The summed E-state index contributed by atoms with van der Waals surface area (Å²) < 4.78 is 27.0. The molecule has 3 atom stereocenters. The lowest BCUT2D eigenvalue weighted by Crippen LogP contribution is -2.33. The molecule has 0 saturated heterocycles. The quantitative estimate of drug-likeness (QED) is 0.537. The van der Waals surface area contributed by atoms with Crippen LogP contribution in [0.2, 0.25) is 0 Å². The Kier molecular flexibility index (Phi) is 3.72. The van der Waals surface area contributed by atoms with Gasteiger partial charge in [0.1, 0.15) is 0 Å². The zero-order valence-corrected chi connectivity index (χ0v) is 9.59. The van der Waals surface area contributed by atoms with E-state index in [0.29, 0.717) is 5.92 Å². The van der Waals surface area contributed by atoms with Crippen LogP contribution in [0.3, 0.4) is 0 Å². The lowest BCUT2D eigenvalue weighted by molar-refractivity contribution is 0.0854. The van der Waals surface area contributed by atoms with Crippen LogP contribution in [0.4, 0.5) is 0 Å². The second kappa shape index (κ2) is 4.45. The Hall–Kier alpha value is -0.350. The van der Waals surface area contributed by atoms with Gasteiger partial charge in [0.25, 0.3) is 10.1 Å². The Labute approximate surface area is 86.3 Å². The van der Waals surface area contributed by atoms with Crippen LogP contribution in [-0.4, -0.2) is 20.8 Å². The second-order valence-electron chi connectivity index (χ2n) is 4.03. The molecular weight excluding hydrogens is 200 g/mol. The van der Waals surface area contributed by atoms with Gasteiger partial charge < -0.3 is 0 Å². The van der Waals surface area contributed by atoms with Crippen molar-refractivity contribution in [3.8, 4) is 0 Å². The van der Waals surface area contributed by atoms with E-state index in [1.807, 2.05) is 13.0 Å². The minimum absolute atomic E-state index is 0.165. The lowest BCUT2D eigenvalue weighted by atomic mass is 9.78. The molecule has 0 radical (unpaired) electrons. The van der Waals surface area contributed by atoms with E-state index in [9.17, 15) is 8.42 Å². The van der Waals surface area contributed by atoms with Gasteiger partial charge in [0.15, 0.2) is 0 Å². The molecule has 0 amide bonds. The molecule has 0 heterocycles. The third-order valence-corrected chi connectivity index (χ3v) is 3.49. The van der Waals surface area contributed by atoms with Gasteiger partial charge in [0.2, 0.25) is 0 Å². The normalized spacial score (nSPS) is 34.0. The predicted molar refractivity (Wildman–Crippen MR) is 56.4 cm³/mol. The standard InChI is InChI=1S/C10H18O3S/c1-4-9-6-5-7-10(8(9)2)13-14(3,11)12/h4,8-10H,1,5-7H2,2-3H3. The summed E-state index contributed by atoms with van der Waals surface area (Å²) in [5.41, 5.74) is 0. The van der Waals surface area contributed by atoms with Gasteiger partial charge in [0, 0.05) is 0 Å². The molecule has 3 unspecified atom stereocenters. The van der Waals surface area contributed by atoms with Gasteiger partial charge in [-0.2, -0.15) is 8.42 Å². The molecule has 0 spiro atoms. The van der Waals surface area contributed by atoms with E-state index in [1.54, 1.807) is 0 Å². The highest BCUT2D eigenvalue weighted by atomic mass is 32.2. The van der Waals surface area contributed by atoms with Crippen LogP contribution < -0.4 is 0 Å². The maximum atomic E-state index is 11.0. The molecule has 0 N–H and O–H groups in total. The first kappa shape index (κ1) is 11.7. The van der Waals surface area contributed by atoms with Crippen molar-refractivity contribution >= 4 is 10.1 Å². The van der Waals surface area contributed by atoms with Gasteiger partial charge in [-0.05, 0) is 24.7 Å². The van der Waals surface area contributed by atoms with Crippen LogP contribution in [0.25, 0.3) is 0 Å². The average Bonchev–Trinajstić information content (AvgIpc) is 2.06. The molecule has 4 heteroatoms. The minimum Gasteiger partial charge on any atom is -0.267 e. The van der Waals surface area contributed by atoms with E-state index < -0.39 is 10.1 Å². The van der Waals surface area contributed by atoms with E-state index in [-0.39, 0.29) is 12.0 Å². The molecule has 1 saturated carbocycles. The Morgan fingerprint density at radius 2 is 2.07 bits per heavy atom. The molecule has 14 heavy (non-hydrogen) atoms. The number of allylic oxidation sites excluding steroid dienone is 1. The molecule has 1 rings (SSSR count). The maximum Gasteiger partial charge on any atom is 0.264 e. The summed E-state index contributed by atoms with van der Waals surface area (Å²) in [5, 5.41) is 0. The van der Waals surface area contributed by atoms with Gasteiger partial charge in [-0.25, -0.2) is 0 Å². The Balaban J connectivity index is 2.65. The Morgan fingerprint density at radius 3 is 2.57 bits per heavy atom. The fraction of sp³-hybridized carbons (Fsp3) is 0.800. The van der Waals surface area contributed by atoms with Gasteiger partial charge in [-0.3, -0.25) is 4.18 Å². The van der Waals surface area contributed by atoms with Crippen molar-refractivity contribution in [1.82, 2.24) is 0 Å². The zero-order valence-electron chi connectivity index (χ0n) is 8.77. The van der Waals surface area contributed by atoms with Crippen molar-refractivity contribution in [3.05, 3.63) is 12.7 Å². The van der Waals surface area contributed by atoms with Crippen LogP contribution in [0, 0.1) is 11.8 Å². The molecule has 1 aliphatic rings. The van der Waals surface area contributed by atoms with E-state index in [4.69, 9.17) is 4.18 Å². The molecule has 3 nitrogen and oxygen atoms in total. The molecule has 1 fully saturated rings. The fourth-order valence-electron chi connectivity index (χ4n) is 2.05. The summed E-state index contributed by atoms with van der Waals surface area (Å²) in [6.07, 6.45) is 5.79. The summed E-state index contributed by atoms with van der Waals surface area (Å²) in [5.74, 6) is 0.631. The highest BCUT2D eigenvalue weighted by Crippen LogP contribution is 2.33. The summed E-state index contributed by atoms with van der Waals surface area (Å²) in [6, 6.07) is 0. The summed E-state index contributed by atoms with van der Waals surface area (Å²) >= 11 is 0. The van der Waals surface area contributed by atoms with E-state index in [1.165, 1.54) is 0 Å². The van der Waals surface area contributed by atoms with Crippen LogP contribution in [-0.2, 0) is 14.3 Å². The molecule has 0 bridgehead atoms. The first-order chi connectivity index (χ1) is 6.44. The first-order valence-electron chi connectivity index (χ1n) is 4.95. The van der Waals surface area contributed by atoms with Crippen LogP contribution in [0.1, 0.15) is 26.2 Å². The van der Waals surface area contributed by atoms with Gasteiger partial charge in [-0.15, -0.1) is 6.58 Å². The topological polar surface area (TPSA) is 43.4 Å². The highest BCUT2D eigenvalue weighted by Gasteiger charge is 2.30. The number of hydrogen-bond donors (Lipinski definition) is 0. The maximum absolute atomic E-state index is 11.0. The number of hydrogen-bond acceptors (Lipinski definition) is 3. The summed E-state index contributed by atoms with van der Waals surface area (Å²) in [4.78, 5) is 0. The first-order valence-corrected chi connectivity index (χ1v) is 6.76. The van der Waals surface area contributed by atoms with Crippen molar-refractivity contribution < 1.29 is 12.6 Å². The van der Waals surface area contributed by atoms with Crippen molar-refractivity contribution in [2.24, 2.45) is 11.8 Å². The molecule has 82 valence electrons.